The van der Waals surface area contributed by atoms with E-state index in [4.69, 9.17) is 0 Å². The summed E-state index contributed by atoms with van der Waals surface area (Å²) in [6, 6.07) is 5.85. The van der Waals surface area contributed by atoms with E-state index in [0.29, 0.717) is 0 Å². The van der Waals surface area contributed by atoms with E-state index in [2.05, 4.69) is 10.6 Å². The van der Waals surface area contributed by atoms with E-state index in [0.717, 1.165) is 23.5 Å². The number of hydrogen-bond donors (Lipinski definition) is 2. The molecule has 86 valence electrons. The monoisotopic (exact) mass is 219 g/mol. The minimum Gasteiger partial charge on any atom is -0.378 e. The molecule has 16 heavy (non-hydrogen) atoms. The first-order valence-corrected chi connectivity index (χ1v) is 5.49. The van der Waals surface area contributed by atoms with Crippen LogP contribution in [0.4, 0.5) is 11.4 Å². The first kappa shape index (κ1) is 11.0. The number of hydrogen-bond acceptors (Lipinski definition) is 3. The Balaban J connectivity index is 2.34. The van der Waals surface area contributed by atoms with Crippen LogP contribution in [0.15, 0.2) is 18.2 Å². The quantitative estimate of drug-likeness (QED) is 0.806. The molecule has 1 aliphatic heterocycles. The highest BCUT2D eigenvalue weighted by Gasteiger charge is 2.29. The summed E-state index contributed by atoms with van der Waals surface area (Å²) in [5, 5.41) is 6.07. The summed E-state index contributed by atoms with van der Waals surface area (Å²) >= 11 is 0. The molecule has 4 nitrogen and oxygen atoms in total. The van der Waals surface area contributed by atoms with Gasteiger partial charge < -0.3 is 15.5 Å². The van der Waals surface area contributed by atoms with Gasteiger partial charge in [-0.3, -0.25) is 4.79 Å². The van der Waals surface area contributed by atoms with Crippen LogP contribution in [0.1, 0.15) is 18.5 Å². The Morgan fingerprint density at radius 3 is 2.81 bits per heavy atom. The van der Waals surface area contributed by atoms with Crippen molar-refractivity contribution in [3.63, 3.8) is 0 Å². The van der Waals surface area contributed by atoms with Gasteiger partial charge in [0.05, 0.1) is 0 Å². The minimum absolute atomic E-state index is 0.0350. The molecule has 0 radical (unpaired) electrons. The van der Waals surface area contributed by atoms with E-state index >= 15 is 0 Å². The van der Waals surface area contributed by atoms with Gasteiger partial charge in [-0.2, -0.15) is 0 Å². The molecule has 0 aliphatic carbocycles. The molecule has 2 N–H and O–H groups in total. The number of carbonyl (C=O) groups excluding carboxylic acids is 1. The van der Waals surface area contributed by atoms with Crippen LogP contribution in [0.3, 0.4) is 0 Å². The van der Waals surface area contributed by atoms with Gasteiger partial charge in [0.2, 0.25) is 5.91 Å². The Morgan fingerprint density at radius 2 is 2.19 bits per heavy atom. The van der Waals surface area contributed by atoms with Crippen molar-refractivity contribution in [3.8, 4) is 0 Å². The van der Waals surface area contributed by atoms with Gasteiger partial charge >= 0.3 is 0 Å². The number of likely N-dealkylation sites (N-methyl/N-ethyl adjacent to an activating group) is 1. The lowest BCUT2D eigenvalue weighted by Crippen LogP contribution is -2.27. The Hall–Kier alpha value is -1.55. The van der Waals surface area contributed by atoms with E-state index in [1.165, 1.54) is 0 Å². The molecule has 1 heterocycles. The molecule has 0 aromatic heterocycles. The maximum Gasteiger partial charge on any atom is 0.246 e. The molecule has 1 aromatic carbocycles. The number of nitrogens with one attached hydrogen (secondary N) is 2. The molecular formula is C12H17N3O. The fraction of sp³-hybridized carbons (Fsp3) is 0.417. The lowest BCUT2D eigenvalue weighted by atomic mass is 10.1. The molecule has 1 aromatic rings. The van der Waals surface area contributed by atoms with E-state index in [1.54, 1.807) is 0 Å². The number of benzene rings is 1. The summed E-state index contributed by atoms with van der Waals surface area (Å²) < 4.78 is 0. The zero-order chi connectivity index (χ0) is 11.7. The van der Waals surface area contributed by atoms with Crippen LogP contribution >= 0.6 is 0 Å². The molecule has 0 fully saturated rings. The second kappa shape index (κ2) is 4.14. The SMILES string of the molecule is CCNC1C(=O)Nc2cc(N(C)C)ccc21. The van der Waals surface area contributed by atoms with Gasteiger partial charge in [-0.1, -0.05) is 13.0 Å². The van der Waals surface area contributed by atoms with E-state index < -0.39 is 0 Å². The van der Waals surface area contributed by atoms with Crippen molar-refractivity contribution in [3.05, 3.63) is 23.8 Å². The highest BCUT2D eigenvalue weighted by atomic mass is 16.2. The summed E-state index contributed by atoms with van der Waals surface area (Å²) in [6.45, 7) is 2.78. The summed E-state index contributed by atoms with van der Waals surface area (Å²) in [5.41, 5.74) is 3.05. The molecular weight excluding hydrogens is 202 g/mol. The van der Waals surface area contributed by atoms with Crippen molar-refractivity contribution in [2.75, 3.05) is 30.9 Å². The Morgan fingerprint density at radius 1 is 1.44 bits per heavy atom. The van der Waals surface area contributed by atoms with Crippen LogP contribution < -0.4 is 15.5 Å². The van der Waals surface area contributed by atoms with Crippen molar-refractivity contribution in [1.29, 1.82) is 0 Å². The van der Waals surface area contributed by atoms with Crippen LogP contribution in [0, 0.1) is 0 Å². The molecule has 0 bridgehead atoms. The lowest BCUT2D eigenvalue weighted by molar-refractivity contribution is -0.117. The average Bonchev–Trinajstić information content (AvgIpc) is 2.55. The second-order valence-electron chi connectivity index (χ2n) is 4.15. The van der Waals surface area contributed by atoms with Crippen LogP contribution in [-0.4, -0.2) is 26.5 Å². The first-order chi connectivity index (χ1) is 7.63. The topological polar surface area (TPSA) is 44.4 Å². The van der Waals surface area contributed by atoms with Gasteiger partial charge in [0.15, 0.2) is 0 Å². The number of carbonyl (C=O) groups is 1. The number of fused-ring (bicyclic) bond motifs is 1. The van der Waals surface area contributed by atoms with Crippen molar-refractivity contribution in [2.45, 2.75) is 13.0 Å². The lowest BCUT2D eigenvalue weighted by Gasteiger charge is -2.14. The Kier molecular flexibility index (Phi) is 2.83. The third-order valence-electron chi connectivity index (χ3n) is 2.79. The Bertz CT molecular complexity index is 415. The molecule has 1 aliphatic rings. The van der Waals surface area contributed by atoms with Gasteiger partial charge in [0.25, 0.3) is 0 Å². The first-order valence-electron chi connectivity index (χ1n) is 5.49. The highest BCUT2D eigenvalue weighted by Crippen LogP contribution is 2.33. The van der Waals surface area contributed by atoms with Gasteiger partial charge in [-0.25, -0.2) is 0 Å². The maximum absolute atomic E-state index is 11.7. The third kappa shape index (κ3) is 1.76. The van der Waals surface area contributed by atoms with Gasteiger partial charge in [-0.15, -0.1) is 0 Å². The molecule has 1 unspecified atom stereocenters. The van der Waals surface area contributed by atoms with Crippen LogP contribution in [0.5, 0.6) is 0 Å². The van der Waals surface area contributed by atoms with Crippen LogP contribution in [0.2, 0.25) is 0 Å². The predicted molar refractivity (Wildman–Crippen MR) is 65.8 cm³/mol. The van der Waals surface area contributed by atoms with Crippen LogP contribution in [-0.2, 0) is 4.79 Å². The van der Waals surface area contributed by atoms with Crippen LogP contribution in [0.25, 0.3) is 0 Å². The predicted octanol–water partition coefficient (Wildman–Crippen LogP) is 1.36. The summed E-state index contributed by atoms with van der Waals surface area (Å²) in [6.07, 6.45) is 0. The second-order valence-corrected chi connectivity index (χ2v) is 4.15. The molecule has 0 saturated carbocycles. The average molecular weight is 219 g/mol. The molecule has 0 saturated heterocycles. The zero-order valence-electron chi connectivity index (χ0n) is 9.87. The summed E-state index contributed by atoms with van der Waals surface area (Å²) in [4.78, 5) is 13.7. The van der Waals surface area contributed by atoms with E-state index in [-0.39, 0.29) is 11.9 Å². The number of anilines is 2. The van der Waals surface area contributed by atoms with Crippen molar-refractivity contribution in [2.24, 2.45) is 0 Å². The largest absolute Gasteiger partial charge is 0.378 e. The number of nitrogens with zero attached hydrogens (tertiary/aromatic N) is 1. The Labute approximate surface area is 95.6 Å². The zero-order valence-corrected chi connectivity index (χ0v) is 9.87. The minimum atomic E-state index is -0.198. The number of amides is 1. The van der Waals surface area contributed by atoms with Crippen molar-refractivity contribution < 1.29 is 4.79 Å². The standard InChI is InChI=1S/C12H17N3O/c1-4-13-11-9-6-5-8(15(2)3)7-10(9)14-12(11)16/h5-7,11,13H,4H2,1-3H3,(H,14,16). The van der Waals surface area contributed by atoms with Gasteiger partial charge in [0, 0.05) is 31.0 Å². The van der Waals surface area contributed by atoms with Gasteiger partial charge in [-0.05, 0) is 18.7 Å². The number of rotatable bonds is 3. The molecule has 4 heteroatoms. The molecule has 1 atom stereocenters. The molecule has 1 amide bonds. The van der Waals surface area contributed by atoms with E-state index in [9.17, 15) is 4.79 Å². The normalized spacial score (nSPS) is 18.2. The highest BCUT2D eigenvalue weighted by molar-refractivity contribution is 6.03. The van der Waals surface area contributed by atoms with Crippen molar-refractivity contribution >= 4 is 17.3 Å². The van der Waals surface area contributed by atoms with Gasteiger partial charge in [0.1, 0.15) is 6.04 Å². The summed E-state index contributed by atoms with van der Waals surface area (Å²) in [5.74, 6) is 0.0350. The van der Waals surface area contributed by atoms with E-state index in [1.807, 2.05) is 44.1 Å². The third-order valence-corrected chi connectivity index (χ3v) is 2.79. The molecule has 0 spiro atoms. The molecule has 2 rings (SSSR count). The smallest absolute Gasteiger partial charge is 0.246 e. The van der Waals surface area contributed by atoms with Crippen molar-refractivity contribution in [1.82, 2.24) is 5.32 Å². The summed E-state index contributed by atoms with van der Waals surface area (Å²) in [7, 11) is 3.97. The fourth-order valence-corrected chi connectivity index (χ4v) is 1.94. The maximum atomic E-state index is 11.7. The fourth-order valence-electron chi connectivity index (χ4n) is 1.94.